The van der Waals surface area contributed by atoms with Crippen LogP contribution in [0.15, 0.2) is 55.0 Å². The van der Waals surface area contributed by atoms with Gasteiger partial charge in [0.25, 0.3) is 5.91 Å². The maximum atomic E-state index is 13.8. The van der Waals surface area contributed by atoms with Gasteiger partial charge >= 0.3 is 0 Å². The molecule has 0 radical (unpaired) electrons. The van der Waals surface area contributed by atoms with E-state index in [0.29, 0.717) is 55.4 Å². The summed E-state index contributed by atoms with van der Waals surface area (Å²) < 4.78 is 1.74. The Kier molecular flexibility index (Phi) is 6.12. The predicted molar refractivity (Wildman–Crippen MR) is 138 cm³/mol. The number of aromatic nitrogens is 5. The van der Waals surface area contributed by atoms with Crippen LogP contribution in [0, 0.1) is 12.8 Å². The number of carbonyl (C=O) groups excluding carboxylic acids is 2. The van der Waals surface area contributed by atoms with Crippen molar-refractivity contribution in [3.63, 3.8) is 0 Å². The topological polar surface area (TPSA) is 106 Å². The predicted octanol–water partition coefficient (Wildman–Crippen LogP) is 3.56. The van der Waals surface area contributed by atoms with E-state index in [-0.39, 0.29) is 17.7 Å². The number of rotatable bonds is 6. The van der Waals surface area contributed by atoms with Gasteiger partial charge in [0, 0.05) is 55.8 Å². The van der Waals surface area contributed by atoms with Gasteiger partial charge in [-0.3, -0.25) is 14.6 Å². The molecule has 188 valence electrons. The molecule has 2 fully saturated rings. The quantitative estimate of drug-likeness (QED) is 0.438. The van der Waals surface area contributed by atoms with Crippen molar-refractivity contribution in [1.29, 1.82) is 0 Å². The molecule has 1 saturated carbocycles. The number of carbonyl (C=O) groups is 2. The Bertz CT molecular complexity index is 1440. The second-order valence-electron chi connectivity index (χ2n) is 9.90. The molecule has 1 aliphatic carbocycles. The molecule has 5 heterocycles. The fourth-order valence-corrected chi connectivity index (χ4v) is 5.06. The van der Waals surface area contributed by atoms with Crippen molar-refractivity contribution < 1.29 is 9.59 Å². The lowest BCUT2D eigenvalue weighted by Gasteiger charge is -2.31. The van der Waals surface area contributed by atoms with Crippen molar-refractivity contribution >= 4 is 22.8 Å². The van der Waals surface area contributed by atoms with E-state index in [9.17, 15) is 9.59 Å². The minimum Gasteiger partial charge on any atom is -0.352 e. The average Bonchev–Trinajstić information content (AvgIpc) is 3.75. The molecule has 0 spiro atoms. The molecular weight excluding hydrogens is 466 g/mol. The molecular formula is C28H29N7O2. The van der Waals surface area contributed by atoms with E-state index in [1.54, 1.807) is 23.3 Å². The van der Waals surface area contributed by atoms with Crippen LogP contribution in [0.5, 0.6) is 0 Å². The largest absolute Gasteiger partial charge is 0.352 e. The second kappa shape index (κ2) is 9.72. The second-order valence-corrected chi connectivity index (χ2v) is 9.90. The monoisotopic (exact) mass is 495 g/mol. The molecule has 9 nitrogen and oxygen atoms in total. The Hall–Kier alpha value is -4.14. The van der Waals surface area contributed by atoms with E-state index in [0.717, 1.165) is 35.2 Å². The van der Waals surface area contributed by atoms with Gasteiger partial charge in [-0.15, -0.1) is 0 Å². The van der Waals surface area contributed by atoms with Crippen LogP contribution in [-0.2, 0) is 11.3 Å². The van der Waals surface area contributed by atoms with Crippen LogP contribution >= 0.6 is 0 Å². The van der Waals surface area contributed by atoms with Gasteiger partial charge in [0.2, 0.25) is 5.91 Å². The molecule has 0 aromatic carbocycles. The number of hydrogen-bond acceptors (Lipinski definition) is 6. The molecule has 37 heavy (non-hydrogen) atoms. The smallest absolute Gasteiger partial charge is 0.254 e. The Balaban J connectivity index is 1.22. The fraction of sp³-hybridized carbons (Fsp3) is 0.357. The van der Waals surface area contributed by atoms with Gasteiger partial charge in [0.15, 0.2) is 11.5 Å². The zero-order chi connectivity index (χ0) is 25.4. The van der Waals surface area contributed by atoms with Gasteiger partial charge in [-0.25, -0.2) is 9.97 Å². The van der Waals surface area contributed by atoms with Gasteiger partial charge in [-0.05, 0) is 62.4 Å². The van der Waals surface area contributed by atoms with Crippen LogP contribution in [0.2, 0.25) is 0 Å². The Labute approximate surface area is 214 Å². The van der Waals surface area contributed by atoms with Crippen molar-refractivity contribution in [3.8, 4) is 5.82 Å². The van der Waals surface area contributed by atoms with Gasteiger partial charge in [0.05, 0.1) is 16.6 Å². The number of amides is 2. The molecule has 1 saturated heterocycles. The first kappa shape index (κ1) is 23.3. The summed E-state index contributed by atoms with van der Waals surface area (Å²) in [5.74, 6) is 0.974. The van der Waals surface area contributed by atoms with E-state index >= 15 is 0 Å². The van der Waals surface area contributed by atoms with Gasteiger partial charge in [-0.2, -0.15) is 9.78 Å². The van der Waals surface area contributed by atoms with Gasteiger partial charge in [0.1, 0.15) is 0 Å². The summed E-state index contributed by atoms with van der Waals surface area (Å²) in [7, 11) is 0. The molecule has 1 N–H and O–H groups in total. The SMILES string of the molecule is Cc1nn(-c2ccccn2)c2nc(C3CC3)cc(C(=O)N3CCC(C(=O)NCc4cccnc4)CC3)c12. The van der Waals surface area contributed by atoms with E-state index in [1.807, 2.05) is 48.2 Å². The van der Waals surface area contributed by atoms with Crippen molar-refractivity contribution in [2.24, 2.45) is 5.92 Å². The molecule has 1 aliphatic heterocycles. The van der Waals surface area contributed by atoms with E-state index in [4.69, 9.17) is 10.1 Å². The minimum atomic E-state index is -0.103. The van der Waals surface area contributed by atoms with Crippen LogP contribution in [0.1, 0.15) is 58.9 Å². The average molecular weight is 496 g/mol. The third-order valence-electron chi connectivity index (χ3n) is 7.27. The normalized spacial score (nSPS) is 16.2. The lowest BCUT2D eigenvalue weighted by atomic mass is 9.95. The van der Waals surface area contributed by atoms with Gasteiger partial charge < -0.3 is 10.2 Å². The highest BCUT2D eigenvalue weighted by molar-refractivity contribution is 6.07. The van der Waals surface area contributed by atoms with Gasteiger partial charge in [-0.1, -0.05) is 12.1 Å². The molecule has 2 aliphatic rings. The molecule has 4 aromatic heterocycles. The molecule has 2 amide bonds. The highest BCUT2D eigenvalue weighted by Crippen LogP contribution is 2.41. The van der Waals surface area contributed by atoms with Crippen molar-refractivity contribution in [2.45, 2.75) is 45.1 Å². The summed E-state index contributed by atoms with van der Waals surface area (Å²) in [6, 6.07) is 11.4. The number of nitrogens with one attached hydrogen (secondary N) is 1. The highest BCUT2D eigenvalue weighted by Gasteiger charge is 2.32. The number of likely N-dealkylation sites (tertiary alicyclic amines) is 1. The number of nitrogens with zero attached hydrogens (tertiary/aromatic N) is 6. The van der Waals surface area contributed by atoms with Crippen molar-refractivity contribution in [3.05, 3.63) is 77.5 Å². The Morgan fingerprint density at radius 2 is 1.89 bits per heavy atom. The lowest BCUT2D eigenvalue weighted by molar-refractivity contribution is -0.126. The van der Waals surface area contributed by atoms with E-state index in [2.05, 4.69) is 15.3 Å². The van der Waals surface area contributed by atoms with Crippen LogP contribution < -0.4 is 5.32 Å². The number of piperidine rings is 1. The lowest BCUT2D eigenvalue weighted by Crippen LogP contribution is -2.43. The molecule has 4 aromatic rings. The zero-order valence-corrected chi connectivity index (χ0v) is 20.8. The minimum absolute atomic E-state index is 0.0211. The van der Waals surface area contributed by atoms with Crippen LogP contribution in [0.4, 0.5) is 0 Å². The number of aryl methyl sites for hydroxylation is 1. The van der Waals surface area contributed by atoms with E-state index < -0.39 is 0 Å². The standard InChI is InChI=1S/C28H29N7O2/c1-18-25-22(15-23(20-7-8-20)32-26(25)35(33-18)24-6-2-3-12-30-24)28(37)34-13-9-21(10-14-34)27(36)31-17-19-5-4-11-29-16-19/h2-6,11-12,15-16,20-21H,7-10,13-14,17H2,1H3,(H,31,36). The van der Waals surface area contributed by atoms with Crippen LogP contribution in [-0.4, -0.2) is 54.5 Å². The summed E-state index contributed by atoms with van der Waals surface area (Å²) in [6.07, 6.45) is 8.65. The summed E-state index contributed by atoms with van der Waals surface area (Å²) in [6.45, 7) is 3.46. The Morgan fingerprint density at radius 1 is 1.05 bits per heavy atom. The highest BCUT2D eigenvalue weighted by atomic mass is 16.2. The molecule has 0 unspecified atom stereocenters. The molecule has 6 rings (SSSR count). The summed E-state index contributed by atoms with van der Waals surface area (Å²) >= 11 is 0. The zero-order valence-electron chi connectivity index (χ0n) is 20.8. The Morgan fingerprint density at radius 3 is 2.59 bits per heavy atom. The number of hydrogen-bond donors (Lipinski definition) is 1. The third-order valence-corrected chi connectivity index (χ3v) is 7.27. The van der Waals surface area contributed by atoms with Crippen LogP contribution in [0.25, 0.3) is 16.9 Å². The van der Waals surface area contributed by atoms with Crippen molar-refractivity contribution in [1.82, 2.24) is 34.9 Å². The number of fused-ring (bicyclic) bond motifs is 1. The van der Waals surface area contributed by atoms with E-state index in [1.165, 1.54) is 0 Å². The summed E-state index contributed by atoms with van der Waals surface area (Å²) in [5.41, 5.74) is 3.99. The first-order chi connectivity index (χ1) is 18.1. The molecule has 0 atom stereocenters. The van der Waals surface area contributed by atoms with Crippen LogP contribution in [0.3, 0.4) is 0 Å². The first-order valence-electron chi connectivity index (χ1n) is 12.9. The summed E-state index contributed by atoms with van der Waals surface area (Å²) in [5, 5.41) is 8.50. The third kappa shape index (κ3) is 4.69. The fourth-order valence-electron chi connectivity index (χ4n) is 5.06. The summed E-state index contributed by atoms with van der Waals surface area (Å²) in [4.78, 5) is 41.9. The molecule has 9 heteroatoms. The maximum absolute atomic E-state index is 13.8. The maximum Gasteiger partial charge on any atom is 0.254 e. The molecule has 0 bridgehead atoms. The first-order valence-corrected chi connectivity index (χ1v) is 12.9. The van der Waals surface area contributed by atoms with Crippen molar-refractivity contribution in [2.75, 3.05) is 13.1 Å². The number of pyridine rings is 3.